The van der Waals surface area contributed by atoms with E-state index in [2.05, 4.69) is 10.3 Å². The highest BCUT2D eigenvalue weighted by molar-refractivity contribution is 6.25. The molecular formula is C15H16N4O3. The molecule has 0 spiro atoms. The predicted molar refractivity (Wildman–Crippen MR) is 76.3 cm³/mol. The number of carbonyl (C=O) groups excluding carboxylic acids is 3. The van der Waals surface area contributed by atoms with Gasteiger partial charge in [-0.1, -0.05) is 0 Å². The van der Waals surface area contributed by atoms with Gasteiger partial charge in [0.25, 0.3) is 0 Å². The molecule has 7 nitrogen and oxygen atoms in total. The minimum atomic E-state index is -0.228. The Morgan fingerprint density at radius 3 is 2.59 bits per heavy atom. The fourth-order valence-electron chi connectivity index (χ4n) is 3.34. The van der Waals surface area contributed by atoms with Gasteiger partial charge in [0.2, 0.25) is 17.5 Å². The summed E-state index contributed by atoms with van der Waals surface area (Å²) < 4.78 is 1.79. The summed E-state index contributed by atoms with van der Waals surface area (Å²) in [5.41, 5.74) is 1.62. The molecule has 1 atom stereocenters. The number of allylic oxidation sites excluding steroid dienone is 2. The number of amides is 1. The standard InChI is InChI=1S/C15H16N4O3/c1-7-11(18-5-6-18)14(22)10-12(13(7)21)19-4-3-9(15(19)17-10)16-8(2)20/h9H,3-6H2,1-2H3,(H,16,20)/t9-/m0/s1. The lowest BCUT2D eigenvalue weighted by atomic mass is 9.95. The van der Waals surface area contributed by atoms with Gasteiger partial charge in [0.1, 0.15) is 17.2 Å². The van der Waals surface area contributed by atoms with Crippen LogP contribution in [0.2, 0.25) is 0 Å². The van der Waals surface area contributed by atoms with E-state index in [1.807, 2.05) is 4.90 Å². The molecule has 4 rings (SSSR count). The van der Waals surface area contributed by atoms with Gasteiger partial charge in [0.05, 0.1) is 11.7 Å². The van der Waals surface area contributed by atoms with Crippen molar-refractivity contribution in [3.05, 3.63) is 28.5 Å². The van der Waals surface area contributed by atoms with E-state index in [4.69, 9.17) is 0 Å². The first-order chi connectivity index (χ1) is 10.5. The molecule has 1 aliphatic carbocycles. The number of hydrogen-bond donors (Lipinski definition) is 1. The maximum Gasteiger partial charge on any atom is 0.230 e. The number of Topliss-reactive ketones (excluding diaryl/α,β-unsaturated/α-hetero) is 2. The lowest BCUT2D eigenvalue weighted by Gasteiger charge is -2.17. The van der Waals surface area contributed by atoms with Crippen LogP contribution in [0.4, 0.5) is 0 Å². The molecule has 1 aromatic rings. The van der Waals surface area contributed by atoms with Gasteiger partial charge in [-0.25, -0.2) is 4.98 Å². The van der Waals surface area contributed by atoms with Crippen LogP contribution in [0.3, 0.4) is 0 Å². The number of aromatic nitrogens is 2. The second-order valence-corrected chi connectivity index (χ2v) is 5.98. The molecular weight excluding hydrogens is 284 g/mol. The quantitative estimate of drug-likeness (QED) is 0.801. The SMILES string of the molecule is CC(=O)N[C@H]1CCn2c1nc1c2C(=O)C(C)=C(N2CC2)C1=O. The molecule has 1 fully saturated rings. The molecule has 22 heavy (non-hydrogen) atoms. The number of nitrogens with zero attached hydrogens (tertiary/aromatic N) is 3. The van der Waals surface area contributed by atoms with Gasteiger partial charge >= 0.3 is 0 Å². The van der Waals surface area contributed by atoms with Crippen LogP contribution in [0.25, 0.3) is 0 Å². The van der Waals surface area contributed by atoms with Gasteiger partial charge in [-0.15, -0.1) is 0 Å². The van der Waals surface area contributed by atoms with E-state index in [0.717, 1.165) is 13.1 Å². The van der Waals surface area contributed by atoms with Gasteiger partial charge in [-0.2, -0.15) is 0 Å². The summed E-state index contributed by atoms with van der Waals surface area (Å²) in [5.74, 6) is 0.171. The Kier molecular flexibility index (Phi) is 2.58. The van der Waals surface area contributed by atoms with Gasteiger partial charge in [-0.3, -0.25) is 14.4 Å². The third-order valence-corrected chi connectivity index (χ3v) is 4.43. The first-order valence-corrected chi connectivity index (χ1v) is 7.41. The monoisotopic (exact) mass is 300 g/mol. The Bertz CT molecular complexity index is 770. The topological polar surface area (TPSA) is 84.1 Å². The fraction of sp³-hybridized carbons (Fsp3) is 0.467. The lowest BCUT2D eigenvalue weighted by molar-refractivity contribution is -0.119. The van der Waals surface area contributed by atoms with E-state index in [1.165, 1.54) is 6.92 Å². The van der Waals surface area contributed by atoms with Crippen molar-refractivity contribution in [2.45, 2.75) is 32.9 Å². The van der Waals surface area contributed by atoms with E-state index in [-0.39, 0.29) is 29.2 Å². The largest absolute Gasteiger partial charge is 0.364 e. The van der Waals surface area contributed by atoms with Crippen LogP contribution < -0.4 is 5.32 Å². The van der Waals surface area contributed by atoms with Crippen molar-refractivity contribution in [2.75, 3.05) is 13.1 Å². The number of hydrogen-bond acceptors (Lipinski definition) is 5. The Morgan fingerprint density at radius 2 is 1.95 bits per heavy atom. The first kappa shape index (κ1) is 13.2. The maximum absolute atomic E-state index is 12.7. The minimum Gasteiger partial charge on any atom is -0.364 e. The highest BCUT2D eigenvalue weighted by atomic mass is 16.2. The molecule has 1 aromatic heterocycles. The van der Waals surface area contributed by atoms with Crippen LogP contribution >= 0.6 is 0 Å². The number of ketones is 2. The summed E-state index contributed by atoms with van der Waals surface area (Å²) in [6, 6.07) is -0.228. The predicted octanol–water partition coefficient (Wildman–Crippen LogP) is 0.433. The van der Waals surface area contributed by atoms with Crippen molar-refractivity contribution in [2.24, 2.45) is 0 Å². The third kappa shape index (κ3) is 1.68. The summed E-state index contributed by atoms with van der Waals surface area (Å²) in [6.07, 6.45) is 0.693. The summed E-state index contributed by atoms with van der Waals surface area (Å²) in [5, 5.41) is 2.83. The van der Waals surface area contributed by atoms with Crippen LogP contribution in [0.1, 0.15) is 53.1 Å². The summed E-state index contributed by atoms with van der Waals surface area (Å²) in [6.45, 7) is 5.36. The molecule has 0 unspecified atom stereocenters. The molecule has 1 N–H and O–H groups in total. The van der Waals surface area contributed by atoms with E-state index >= 15 is 0 Å². The molecule has 1 amide bonds. The van der Waals surface area contributed by atoms with Crippen LogP contribution in [0.5, 0.6) is 0 Å². The van der Waals surface area contributed by atoms with E-state index in [1.54, 1.807) is 11.5 Å². The average molecular weight is 300 g/mol. The van der Waals surface area contributed by atoms with E-state index in [0.29, 0.717) is 35.8 Å². The molecule has 0 radical (unpaired) electrons. The molecule has 3 aliphatic rings. The normalized spacial score (nSPS) is 22.8. The molecule has 1 saturated heterocycles. The van der Waals surface area contributed by atoms with Crippen LogP contribution in [0.15, 0.2) is 11.3 Å². The number of imidazole rings is 1. The number of carbonyl (C=O) groups is 3. The van der Waals surface area contributed by atoms with Gasteiger partial charge < -0.3 is 14.8 Å². The lowest BCUT2D eigenvalue weighted by Crippen LogP contribution is -2.26. The summed E-state index contributed by atoms with van der Waals surface area (Å²) >= 11 is 0. The maximum atomic E-state index is 12.7. The highest BCUT2D eigenvalue weighted by Gasteiger charge is 2.42. The van der Waals surface area contributed by atoms with Crippen molar-refractivity contribution in [1.82, 2.24) is 19.8 Å². The molecule has 0 bridgehead atoms. The second-order valence-electron chi connectivity index (χ2n) is 5.98. The van der Waals surface area contributed by atoms with Crippen molar-refractivity contribution in [1.29, 1.82) is 0 Å². The number of rotatable bonds is 2. The molecule has 0 saturated carbocycles. The van der Waals surface area contributed by atoms with Gasteiger partial charge in [0.15, 0.2) is 0 Å². The molecule has 2 aliphatic heterocycles. The average Bonchev–Trinajstić information content (AvgIpc) is 3.09. The second kappa shape index (κ2) is 4.28. The zero-order valence-electron chi connectivity index (χ0n) is 12.5. The van der Waals surface area contributed by atoms with Crippen LogP contribution in [0, 0.1) is 0 Å². The zero-order valence-corrected chi connectivity index (χ0v) is 12.5. The van der Waals surface area contributed by atoms with E-state index in [9.17, 15) is 14.4 Å². The van der Waals surface area contributed by atoms with Crippen molar-refractivity contribution < 1.29 is 14.4 Å². The van der Waals surface area contributed by atoms with Gasteiger partial charge in [-0.05, 0) is 13.3 Å². The zero-order chi connectivity index (χ0) is 15.6. The summed E-state index contributed by atoms with van der Waals surface area (Å²) in [4.78, 5) is 42.9. The van der Waals surface area contributed by atoms with Gasteiger partial charge in [0, 0.05) is 32.1 Å². The van der Waals surface area contributed by atoms with Crippen molar-refractivity contribution in [3.63, 3.8) is 0 Å². The highest BCUT2D eigenvalue weighted by Crippen LogP contribution is 2.35. The number of fused-ring (bicyclic) bond motifs is 3. The molecule has 7 heteroatoms. The van der Waals surface area contributed by atoms with Crippen molar-refractivity contribution >= 4 is 17.5 Å². The molecule has 0 aromatic carbocycles. The fourth-order valence-corrected chi connectivity index (χ4v) is 3.34. The van der Waals surface area contributed by atoms with Crippen LogP contribution in [-0.2, 0) is 11.3 Å². The van der Waals surface area contributed by atoms with E-state index < -0.39 is 0 Å². The molecule has 3 heterocycles. The Hall–Kier alpha value is -2.44. The Balaban J connectivity index is 1.81. The van der Waals surface area contributed by atoms with Crippen LogP contribution in [-0.4, -0.2) is 45.0 Å². The van der Waals surface area contributed by atoms with Crippen molar-refractivity contribution in [3.8, 4) is 0 Å². The first-order valence-electron chi connectivity index (χ1n) is 7.41. The summed E-state index contributed by atoms with van der Waals surface area (Å²) in [7, 11) is 0. The smallest absolute Gasteiger partial charge is 0.230 e. The Labute approximate surface area is 127 Å². The third-order valence-electron chi connectivity index (χ3n) is 4.43. The Morgan fingerprint density at radius 1 is 1.23 bits per heavy atom. The number of nitrogens with one attached hydrogen (secondary N) is 1. The minimum absolute atomic E-state index is 0.126. The molecule has 114 valence electrons.